The Morgan fingerprint density at radius 2 is 1.60 bits per heavy atom. The van der Waals surface area contributed by atoms with Crippen LogP contribution >= 0.6 is 0 Å². The molecule has 0 aromatic heterocycles. The molecular weight excluding hydrogens is 248 g/mol. The van der Waals surface area contributed by atoms with Crippen LogP contribution in [0.3, 0.4) is 0 Å². The van der Waals surface area contributed by atoms with Crippen molar-refractivity contribution in [3.05, 3.63) is 35.9 Å². The fraction of sp³-hybridized carbons (Fsp3) is 0.647. The number of ether oxygens (including phenoxy) is 1. The summed E-state index contributed by atoms with van der Waals surface area (Å²) >= 11 is 0. The van der Waals surface area contributed by atoms with Crippen molar-refractivity contribution in [3.63, 3.8) is 0 Å². The molecule has 2 heterocycles. The van der Waals surface area contributed by atoms with E-state index in [4.69, 9.17) is 4.74 Å². The maximum atomic E-state index is 6.60. The Labute approximate surface area is 121 Å². The minimum atomic E-state index is 0.120. The Kier molecular flexibility index (Phi) is 3.09. The highest BCUT2D eigenvalue weighted by Crippen LogP contribution is 2.48. The van der Waals surface area contributed by atoms with E-state index < -0.39 is 0 Å². The van der Waals surface area contributed by atoms with Crippen molar-refractivity contribution in [2.24, 2.45) is 0 Å². The Morgan fingerprint density at radius 3 is 2.25 bits per heavy atom. The summed E-state index contributed by atoms with van der Waals surface area (Å²) in [4.78, 5) is 2.64. The van der Waals surface area contributed by atoms with Gasteiger partial charge in [-0.1, -0.05) is 30.3 Å². The smallest absolute Gasteiger partial charge is 0.0841 e. The molecule has 0 bridgehead atoms. The fourth-order valence-corrected chi connectivity index (χ4v) is 3.89. The van der Waals surface area contributed by atoms with Gasteiger partial charge in [-0.3, -0.25) is 4.90 Å². The average molecular weight is 272 g/mol. The first-order valence-corrected chi connectivity index (χ1v) is 7.95. The molecule has 3 heteroatoms. The number of rotatable bonds is 2. The third-order valence-corrected chi connectivity index (χ3v) is 5.03. The zero-order valence-corrected chi connectivity index (χ0v) is 12.1. The van der Waals surface area contributed by atoms with Crippen LogP contribution in [0.1, 0.15) is 31.2 Å². The van der Waals surface area contributed by atoms with Crippen molar-refractivity contribution in [3.8, 4) is 0 Å². The molecule has 2 saturated heterocycles. The molecule has 1 saturated carbocycles. The summed E-state index contributed by atoms with van der Waals surface area (Å²) in [5.74, 6) is 0. The molecule has 0 radical (unpaired) electrons. The molecule has 3 fully saturated rings. The fourth-order valence-electron chi connectivity index (χ4n) is 3.89. The van der Waals surface area contributed by atoms with Gasteiger partial charge in [-0.05, 0) is 44.3 Å². The Balaban J connectivity index is 1.51. The maximum Gasteiger partial charge on any atom is 0.0841 e. The standard InChI is InChI=1S/C17H24N2O/c1-2-4-15(5-3-1)12-19-13-16(6-7-16)20-17(14-19)8-10-18-11-9-17/h1-5,18H,6-14H2. The lowest BCUT2D eigenvalue weighted by atomic mass is 9.89. The van der Waals surface area contributed by atoms with Gasteiger partial charge in [0, 0.05) is 19.6 Å². The van der Waals surface area contributed by atoms with Crippen LogP contribution < -0.4 is 5.32 Å². The molecule has 20 heavy (non-hydrogen) atoms. The summed E-state index contributed by atoms with van der Waals surface area (Å²) in [6, 6.07) is 10.9. The Hall–Kier alpha value is -0.900. The number of benzene rings is 1. The third kappa shape index (κ3) is 2.50. The van der Waals surface area contributed by atoms with E-state index in [0.717, 1.165) is 32.7 Å². The molecule has 0 unspecified atom stereocenters. The third-order valence-electron chi connectivity index (χ3n) is 5.03. The monoisotopic (exact) mass is 272 g/mol. The number of hydrogen-bond donors (Lipinski definition) is 1. The summed E-state index contributed by atoms with van der Waals surface area (Å²) in [5, 5.41) is 3.47. The molecule has 2 aliphatic heterocycles. The van der Waals surface area contributed by atoms with Crippen LogP contribution in [-0.4, -0.2) is 42.3 Å². The number of morpholine rings is 1. The molecule has 3 nitrogen and oxygen atoms in total. The van der Waals surface area contributed by atoms with Gasteiger partial charge in [0.05, 0.1) is 11.2 Å². The lowest BCUT2D eigenvalue weighted by molar-refractivity contribution is -0.181. The van der Waals surface area contributed by atoms with Crippen molar-refractivity contribution in [2.45, 2.75) is 43.4 Å². The second-order valence-corrected chi connectivity index (χ2v) is 6.85. The highest BCUT2D eigenvalue weighted by Gasteiger charge is 2.55. The molecule has 3 aliphatic rings. The van der Waals surface area contributed by atoms with Crippen LogP contribution in [0.2, 0.25) is 0 Å². The van der Waals surface area contributed by atoms with Crippen LogP contribution in [0.5, 0.6) is 0 Å². The lowest BCUT2D eigenvalue weighted by Crippen LogP contribution is -2.59. The van der Waals surface area contributed by atoms with Gasteiger partial charge < -0.3 is 10.1 Å². The van der Waals surface area contributed by atoms with Crippen molar-refractivity contribution in [1.82, 2.24) is 10.2 Å². The quantitative estimate of drug-likeness (QED) is 0.893. The summed E-state index contributed by atoms with van der Waals surface area (Å²) in [6.07, 6.45) is 4.85. The van der Waals surface area contributed by atoms with Crippen LogP contribution in [0.15, 0.2) is 30.3 Å². The predicted molar refractivity (Wildman–Crippen MR) is 79.6 cm³/mol. The molecule has 1 aromatic carbocycles. The van der Waals surface area contributed by atoms with Crippen molar-refractivity contribution in [2.75, 3.05) is 26.2 Å². The SMILES string of the molecule is c1ccc(CN2CC3(CCNCC3)OC3(CC3)C2)cc1. The lowest BCUT2D eigenvalue weighted by Gasteiger charge is -2.49. The molecule has 1 aromatic rings. The number of hydrogen-bond acceptors (Lipinski definition) is 3. The molecular formula is C17H24N2O. The van der Waals surface area contributed by atoms with E-state index in [0.29, 0.717) is 0 Å². The van der Waals surface area contributed by atoms with E-state index >= 15 is 0 Å². The Bertz CT molecular complexity index is 463. The molecule has 0 amide bonds. The second kappa shape index (κ2) is 4.83. The zero-order chi connectivity index (χ0) is 13.5. The molecule has 1 aliphatic carbocycles. The number of nitrogens with zero attached hydrogens (tertiary/aromatic N) is 1. The zero-order valence-electron chi connectivity index (χ0n) is 12.1. The highest BCUT2D eigenvalue weighted by molar-refractivity contribution is 5.16. The van der Waals surface area contributed by atoms with Crippen LogP contribution in [0.4, 0.5) is 0 Å². The van der Waals surface area contributed by atoms with E-state index in [1.54, 1.807) is 0 Å². The first kappa shape index (κ1) is 12.8. The first-order valence-electron chi connectivity index (χ1n) is 7.95. The predicted octanol–water partition coefficient (Wildman–Crippen LogP) is 2.17. The largest absolute Gasteiger partial charge is 0.366 e. The van der Waals surface area contributed by atoms with Gasteiger partial charge in [-0.25, -0.2) is 0 Å². The van der Waals surface area contributed by atoms with Crippen LogP contribution in [0.25, 0.3) is 0 Å². The van der Waals surface area contributed by atoms with Gasteiger partial charge in [0.15, 0.2) is 0 Å². The Morgan fingerprint density at radius 1 is 0.950 bits per heavy atom. The minimum absolute atomic E-state index is 0.120. The topological polar surface area (TPSA) is 24.5 Å². The van der Waals surface area contributed by atoms with Crippen molar-refractivity contribution < 1.29 is 4.74 Å². The van der Waals surface area contributed by atoms with E-state index in [2.05, 4.69) is 40.5 Å². The summed E-state index contributed by atoms with van der Waals surface area (Å²) in [7, 11) is 0. The van der Waals surface area contributed by atoms with Gasteiger partial charge in [-0.2, -0.15) is 0 Å². The van der Waals surface area contributed by atoms with Crippen LogP contribution in [-0.2, 0) is 11.3 Å². The molecule has 1 N–H and O–H groups in total. The normalized spacial score (nSPS) is 27.8. The van der Waals surface area contributed by atoms with E-state index in [1.165, 1.54) is 31.2 Å². The van der Waals surface area contributed by atoms with E-state index in [-0.39, 0.29) is 11.2 Å². The summed E-state index contributed by atoms with van der Waals surface area (Å²) < 4.78 is 6.60. The van der Waals surface area contributed by atoms with Crippen molar-refractivity contribution >= 4 is 0 Å². The maximum absolute atomic E-state index is 6.60. The van der Waals surface area contributed by atoms with Gasteiger partial charge in [0.2, 0.25) is 0 Å². The van der Waals surface area contributed by atoms with Gasteiger partial charge in [0.25, 0.3) is 0 Å². The molecule has 0 atom stereocenters. The molecule has 108 valence electrons. The molecule has 2 spiro atoms. The van der Waals surface area contributed by atoms with E-state index in [9.17, 15) is 0 Å². The van der Waals surface area contributed by atoms with E-state index in [1.807, 2.05) is 0 Å². The van der Waals surface area contributed by atoms with Gasteiger partial charge in [-0.15, -0.1) is 0 Å². The van der Waals surface area contributed by atoms with Crippen LogP contribution in [0, 0.1) is 0 Å². The average Bonchev–Trinajstić information content (AvgIpc) is 3.18. The summed E-state index contributed by atoms with van der Waals surface area (Å²) in [5.41, 5.74) is 1.74. The van der Waals surface area contributed by atoms with Crippen molar-refractivity contribution in [1.29, 1.82) is 0 Å². The highest BCUT2D eigenvalue weighted by atomic mass is 16.5. The van der Waals surface area contributed by atoms with Gasteiger partial charge >= 0.3 is 0 Å². The number of nitrogens with one attached hydrogen (secondary N) is 1. The van der Waals surface area contributed by atoms with Gasteiger partial charge in [0.1, 0.15) is 0 Å². The number of piperidine rings is 1. The molecule has 4 rings (SSSR count). The summed E-state index contributed by atoms with van der Waals surface area (Å²) in [6.45, 7) is 5.51. The second-order valence-electron chi connectivity index (χ2n) is 6.85. The minimum Gasteiger partial charge on any atom is -0.366 e. The first-order chi connectivity index (χ1) is 9.78.